The first kappa shape index (κ1) is 16.1. The Hall–Kier alpha value is -0.890. The fraction of sp³-hybridized carbons (Fsp3) is 1.00. The monoisotopic (exact) mass is 249 g/mol. The summed E-state index contributed by atoms with van der Waals surface area (Å²) < 4.78 is 20.2. The summed E-state index contributed by atoms with van der Waals surface area (Å²) in [6.45, 7) is 2.25. The predicted molar refractivity (Wildman–Crippen MR) is 59.5 cm³/mol. The molecule has 0 radical (unpaired) electrons. The van der Waals surface area contributed by atoms with Crippen LogP contribution in [0, 0.1) is 0 Å². The predicted octanol–water partition coefficient (Wildman–Crippen LogP) is 0.311. The van der Waals surface area contributed by atoms with E-state index in [0.29, 0.717) is 33.0 Å². The SMILES string of the molecule is COC(COCCOCCOCCO)N=[N+]=[N-]. The van der Waals surface area contributed by atoms with Gasteiger partial charge in [-0.1, -0.05) is 5.11 Å². The van der Waals surface area contributed by atoms with Gasteiger partial charge in [-0.15, -0.1) is 0 Å². The van der Waals surface area contributed by atoms with Gasteiger partial charge in [0.2, 0.25) is 0 Å². The third-order valence-electron chi connectivity index (χ3n) is 1.69. The number of methoxy groups -OCH3 is 1. The van der Waals surface area contributed by atoms with E-state index >= 15 is 0 Å². The smallest absolute Gasteiger partial charge is 0.159 e. The fourth-order valence-electron chi connectivity index (χ4n) is 0.895. The molecule has 0 heterocycles. The lowest BCUT2D eigenvalue weighted by atomic mass is 10.6. The molecule has 0 aromatic heterocycles. The normalized spacial score (nSPS) is 12.1. The van der Waals surface area contributed by atoms with Crippen molar-refractivity contribution in [2.45, 2.75) is 6.23 Å². The van der Waals surface area contributed by atoms with Crippen molar-refractivity contribution in [2.75, 3.05) is 53.4 Å². The van der Waals surface area contributed by atoms with Crippen molar-refractivity contribution < 1.29 is 24.1 Å². The van der Waals surface area contributed by atoms with Gasteiger partial charge in [-0.2, -0.15) is 0 Å². The summed E-state index contributed by atoms with van der Waals surface area (Å²) >= 11 is 0. The van der Waals surface area contributed by atoms with E-state index in [9.17, 15) is 0 Å². The zero-order valence-electron chi connectivity index (χ0n) is 9.95. The van der Waals surface area contributed by atoms with Crippen molar-refractivity contribution in [1.29, 1.82) is 0 Å². The second-order valence-electron chi connectivity index (χ2n) is 2.92. The summed E-state index contributed by atoms with van der Waals surface area (Å²) in [5, 5.41) is 11.8. The zero-order valence-corrected chi connectivity index (χ0v) is 9.95. The number of hydrogen-bond acceptors (Lipinski definition) is 6. The molecule has 1 atom stereocenters. The number of nitrogens with zero attached hydrogens (tertiary/aromatic N) is 3. The number of azide groups is 1. The molecule has 8 nitrogen and oxygen atoms in total. The molecule has 0 aliphatic heterocycles. The number of hydrogen-bond donors (Lipinski definition) is 1. The van der Waals surface area contributed by atoms with Crippen LogP contribution in [0.25, 0.3) is 10.4 Å². The third kappa shape index (κ3) is 11.4. The molecule has 1 N–H and O–H groups in total. The summed E-state index contributed by atoms with van der Waals surface area (Å²) in [7, 11) is 1.44. The molecular formula is C9H19N3O5. The lowest BCUT2D eigenvalue weighted by Gasteiger charge is -2.10. The molecule has 0 aliphatic carbocycles. The standard InChI is InChI=1S/C9H19N3O5/c1-14-9(11-12-10)8-17-7-6-16-5-4-15-3-2-13/h9,13H,2-8H2,1H3. The molecule has 0 aromatic rings. The average Bonchev–Trinajstić information content (AvgIpc) is 2.35. The second kappa shape index (κ2) is 13.2. The molecule has 100 valence electrons. The van der Waals surface area contributed by atoms with Crippen molar-refractivity contribution in [1.82, 2.24) is 0 Å². The van der Waals surface area contributed by atoms with Gasteiger partial charge in [-0.25, -0.2) is 0 Å². The van der Waals surface area contributed by atoms with Crippen LogP contribution >= 0.6 is 0 Å². The molecule has 0 saturated heterocycles. The topological polar surface area (TPSA) is 106 Å². The van der Waals surface area contributed by atoms with Crippen LogP contribution in [0.4, 0.5) is 0 Å². The van der Waals surface area contributed by atoms with Crippen LogP contribution in [0.15, 0.2) is 5.11 Å². The van der Waals surface area contributed by atoms with Crippen LogP contribution in [-0.4, -0.2) is 64.7 Å². The van der Waals surface area contributed by atoms with Gasteiger partial charge < -0.3 is 24.1 Å². The average molecular weight is 249 g/mol. The number of ether oxygens (including phenoxy) is 4. The molecule has 0 rings (SSSR count). The van der Waals surface area contributed by atoms with Gasteiger partial charge in [0, 0.05) is 12.0 Å². The Morgan fingerprint density at radius 3 is 2.24 bits per heavy atom. The van der Waals surface area contributed by atoms with E-state index in [2.05, 4.69) is 10.0 Å². The second-order valence-corrected chi connectivity index (χ2v) is 2.92. The minimum absolute atomic E-state index is 0.0148. The maximum atomic E-state index is 8.43. The van der Waals surface area contributed by atoms with Gasteiger partial charge in [0.1, 0.15) is 0 Å². The zero-order chi connectivity index (χ0) is 12.8. The lowest BCUT2D eigenvalue weighted by Crippen LogP contribution is -2.17. The van der Waals surface area contributed by atoms with E-state index in [1.807, 2.05) is 0 Å². The quantitative estimate of drug-likeness (QED) is 0.232. The Morgan fingerprint density at radius 2 is 1.71 bits per heavy atom. The van der Waals surface area contributed by atoms with E-state index in [0.717, 1.165) is 0 Å². The summed E-state index contributed by atoms with van der Waals surface area (Å²) in [5.74, 6) is 0. The highest BCUT2D eigenvalue weighted by Gasteiger charge is 2.03. The Labute approximate surface area is 100 Å². The largest absolute Gasteiger partial charge is 0.394 e. The van der Waals surface area contributed by atoms with E-state index in [1.165, 1.54) is 7.11 Å². The van der Waals surface area contributed by atoms with Crippen molar-refractivity contribution in [2.24, 2.45) is 5.11 Å². The number of rotatable bonds is 12. The molecule has 0 amide bonds. The first-order valence-electron chi connectivity index (χ1n) is 5.26. The molecule has 0 saturated carbocycles. The van der Waals surface area contributed by atoms with Crippen molar-refractivity contribution in [3.8, 4) is 0 Å². The molecule has 0 bridgehead atoms. The van der Waals surface area contributed by atoms with Gasteiger partial charge in [0.25, 0.3) is 0 Å². The van der Waals surface area contributed by atoms with Crippen LogP contribution in [0.3, 0.4) is 0 Å². The molecule has 8 heteroatoms. The molecule has 17 heavy (non-hydrogen) atoms. The third-order valence-corrected chi connectivity index (χ3v) is 1.69. The fourth-order valence-corrected chi connectivity index (χ4v) is 0.895. The van der Waals surface area contributed by atoms with Crippen LogP contribution in [0.2, 0.25) is 0 Å². The van der Waals surface area contributed by atoms with Gasteiger partial charge >= 0.3 is 0 Å². The van der Waals surface area contributed by atoms with Crippen molar-refractivity contribution in [3.05, 3.63) is 10.4 Å². The molecule has 1 unspecified atom stereocenters. The molecule has 0 fully saturated rings. The minimum atomic E-state index is -0.604. The van der Waals surface area contributed by atoms with Crippen molar-refractivity contribution >= 4 is 0 Å². The van der Waals surface area contributed by atoms with Gasteiger partial charge in [0.05, 0.1) is 46.2 Å². The van der Waals surface area contributed by atoms with Gasteiger partial charge in [-0.05, 0) is 5.53 Å². The van der Waals surface area contributed by atoms with Crippen molar-refractivity contribution in [3.63, 3.8) is 0 Å². The molecular weight excluding hydrogens is 230 g/mol. The summed E-state index contributed by atoms with van der Waals surface area (Å²) in [6.07, 6.45) is -0.604. The van der Waals surface area contributed by atoms with Crippen LogP contribution in [0.5, 0.6) is 0 Å². The summed E-state index contributed by atoms with van der Waals surface area (Å²) in [5.41, 5.74) is 8.18. The maximum Gasteiger partial charge on any atom is 0.159 e. The van der Waals surface area contributed by atoms with Crippen LogP contribution < -0.4 is 0 Å². The van der Waals surface area contributed by atoms with Crippen LogP contribution in [0.1, 0.15) is 0 Å². The summed E-state index contributed by atoms with van der Waals surface area (Å²) in [6, 6.07) is 0. The first-order chi connectivity index (χ1) is 8.35. The highest BCUT2D eigenvalue weighted by molar-refractivity contribution is 4.53. The van der Waals surface area contributed by atoms with E-state index in [4.69, 9.17) is 29.6 Å². The minimum Gasteiger partial charge on any atom is -0.394 e. The van der Waals surface area contributed by atoms with E-state index in [-0.39, 0.29) is 13.2 Å². The maximum absolute atomic E-state index is 8.43. The van der Waals surface area contributed by atoms with E-state index < -0.39 is 6.23 Å². The summed E-state index contributed by atoms with van der Waals surface area (Å²) in [4.78, 5) is 2.62. The Balaban J connectivity index is 3.19. The van der Waals surface area contributed by atoms with Gasteiger partial charge in [-0.3, -0.25) is 0 Å². The lowest BCUT2D eigenvalue weighted by molar-refractivity contribution is -0.0215. The number of aliphatic hydroxyl groups excluding tert-OH is 1. The molecule has 0 aromatic carbocycles. The van der Waals surface area contributed by atoms with Gasteiger partial charge in [0.15, 0.2) is 6.23 Å². The Bertz CT molecular complexity index is 211. The Kier molecular flexibility index (Phi) is 12.5. The van der Waals surface area contributed by atoms with Crippen LogP contribution in [-0.2, 0) is 18.9 Å². The van der Waals surface area contributed by atoms with E-state index in [1.54, 1.807) is 0 Å². The first-order valence-corrected chi connectivity index (χ1v) is 5.26. The highest BCUT2D eigenvalue weighted by atomic mass is 16.6. The molecule has 0 aliphatic rings. The highest BCUT2D eigenvalue weighted by Crippen LogP contribution is 1.93. The Morgan fingerprint density at radius 1 is 1.12 bits per heavy atom. The molecule has 0 spiro atoms. The number of aliphatic hydroxyl groups is 1.